The van der Waals surface area contributed by atoms with Crippen molar-refractivity contribution in [1.29, 1.82) is 0 Å². The maximum atomic E-state index is 14.3. The highest BCUT2D eigenvalue weighted by molar-refractivity contribution is 6.06. The molecule has 39 heavy (non-hydrogen) atoms. The molecule has 2 aromatic carbocycles. The highest BCUT2D eigenvalue weighted by atomic mass is 19.1. The number of amides is 2. The Morgan fingerprint density at radius 3 is 2.51 bits per heavy atom. The topological polar surface area (TPSA) is 106 Å². The second-order valence-corrected chi connectivity index (χ2v) is 11.8. The standard InChI is InChI=1S/C31H37FN4O3/c1-4-13-34-30(39)18-5-9-21(10-6-18)35-24-14-19(7-11-22(24)29(33)38)28-23-12-8-20(32)15-25(23)36-26(28)16-31(2,3)17-27(36)37/h7-8,11-12,14-15,18,21,35H,4-6,9-10,13,16-17H2,1-3H3,(H2,33,38)(H,34,39)/t18-,21-. The molecule has 2 aliphatic rings. The number of rotatable bonds is 7. The number of carbonyl (C=O) groups is 3. The van der Waals surface area contributed by atoms with E-state index in [4.69, 9.17) is 5.73 Å². The summed E-state index contributed by atoms with van der Waals surface area (Å²) in [7, 11) is 0. The molecule has 0 bridgehead atoms. The number of nitrogens with two attached hydrogens (primary N) is 1. The Morgan fingerprint density at radius 1 is 1.08 bits per heavy atom. The van der Waals surface area contributed by atoms with Crippen molar-refractivity contribution in [2.24, 2.45) is 17.1 Å². The smallest absolute Gasteiger partial charge is 0.250 e. The van der Waals surface area contributed by atoms with Gasteiger partial charge in [0.2, 0.25) is 11.8 Å². The quantitative estimate of drug-likeness (QED) is 0.365. The minimum absolute atomic E-state index is 0.0112. The van der Waals surface area contributed by atoms with Crippen molar-refractivity contribution in [1.82, 2.24) is 9.88 Å². The third-order valence-electron chi connectivity index (χ3n) is 8.13. The largest absolute Gasteiger partial charge is 0.382 e. The Hall–Kier alpha value is -3.68. The van der Waals surface area contributed by atoms with Gasteiger partial charge in [-0.05, 0) is 79.8 Å². The molecule has 1 aromatic heterocycles. The summed E-state index contributed by atoms with van der Waals surface area (Å²) in [5.74, 6) is -0.836. The van der Waals surface area contributed by atoms with Crippen molar-refractivity contribution >= 4 is 34.3 Å². The Bertz CT molecular complexity index is 1450. The molecule has 2 amide bonds. The van der Waals surface area contributed by atoms with Crippen LogP contribution in [0, 0.1) is 17.2 Å². The lowest BCUT2D eigenvalue weighted by atomic mass is 9.80. The molecule has 5 rings (SSSR count). The van der Waals surface area contributed by atoms with E-state index in [9.17, 15) is 18.8 Å². The van der Waals surface area contributed by atoms with Gasteiger partial charge in [-0.25, -0.2) is 4.39 Å². The summed E-state index contributed by atoms with van der Waals surface area (Å²) in [5.41, 5.74) is 9.67. The van der Waals surface area contributed by atoms with Gasteiger partial charge in [-0.2, -0.15) is 0 Å². The zero-order valence-electron chi connectivity index (χ0n) is 22.9. The minimum atomic E-state index is -0.529. The van der Waals surface area contributed by atoms with Crippen molar-refractivity contribution in [2.45, 2.75) is 71.8 Å². The number of nitrogens with zero attached hydrogens (tertiary/aromatic N) is 1. The fourth-order valence-electron chi connectivity index (χ4n) is 6.24. The van der Waals surface area contributed by atoms with Gasteiger partial charge in [0.1, 0.15) is 5.82 Å². The number of anilines is 1. The van der Waals surface area contributed by atoms with Gasteiger partial charge in [0.05, 0.1) is 11.1 Å². The zero-order valence-corrected chi connectivity index (χ0v) is 22.9. The van der Waals surface area contributed by atoms with Gasteiger partial charge in [0.15, 0.2) is 0 Å². The number of primary amides is 1. The van der Waals surface area contributed by atoms with Crippen molar-refractivity contribution < 1.29 is 18.8 Å². The van der Waals surface area contributed by atoms with E-state index >= 15 is 0 Å². The number of benzene rings is 2. The van der Waals surface area contributed by atoms with Gasteiger partial charge < -0.3 is 16.4 Å². The summed E-state index contributed by atoms with van der Waals surface area (Å²) < 4.78 is 16.0. The van der Waals surface area contributed by atoms with Gasteiger partial charge in [-0.15, -0.1) is 0 Å². The van der Waals surface area contributed by atoms with Crippen LogP contribution in [0.5, 0.6) is 0 Å². The average Bonchev–Trinajstić information content (AvgIpc) is 3.19. The van der Waals surface area contributed by atoms with Crippen LogP contribution in [0.2, 0.25) is 0 Å². The molecule has 1 aliphatic carbocycles. The molecule has 206 valence electrons. The molecular formula is C31H37FN4O3. The molecule has 4 N–H and O–H groups in total. The Balaban J connectivity index is 1.50. The summed E-state index contributed by atoms with van der Waals surface area (Å²) in [5, 5.41) is 7.33. The second kappa shape index (κ2) is 10.5. The van der Waals surface area contributed by atoms with Crippen molar-refractivity contribution in [3.63, 3.8) is 0 Å². The van der Waals surface area contributed by atoms with Crippen molar-refractivity contribution in [3.05, 3.63) is 53.5 Å². The third kappa shape index (κ3) is 5.29. The van der Waals surface area contributed by atoms with Crippen LogP contribution in [0.4, 0.5) is 10.1 Å². The molecule has 3 aromatic rings. The van der Waals surface area contributed by atoms with E-state index in [2.05, 4.69) is 24.5 Å². The molecular weight excluding hydrogens is 495 g/mol. The average molecular weight is 533 g/mol. The predicted molar refractivity (Wildman–Crippen MR) is 151 cm³/mol. The number of hydrogen-bond acceptors (Lipinski definition) is 4. The minimum Gasteiger partial charge on any atom is -0.382 e. The van der Waals surface area contributed by atoms with E-state index < -0.39 is 11.7 Å². The van der Waals surface area contributed by atoms with Crippen LogP contribution in [0.1, 0.15) is 80.1 Å². The van der Waals surface area contributed by atoms with Gasteiger partial charge in [0.25, 0.3) is 5.91 Å². The van der Waals surface area contributed by atoms with Crippen LogP contribution in [0.15, 0.2) is 36.4 Å². The summed E-state index contributed by atoms with van der Waals surface area (Å²) in [6.07, 6.45) is 5.12. The first-order valence-electron chi connectivity index (χ1n) is 13.9. The number of fused-ring (bicyclic) bond motifs is 3. The van der Waals surface area contributed by atoms with E-state index in [1.165, 1.54) is 12.1 Å². The molecule has 7 nitrogen and oxygen atoms in total. The number of carbonyl (C=O) groups excluding carboxylic acids is 3. The SMILES string of the molecule is CCCNC(=O)[C@H]1CC[C@H](Nc2cc(-c3c4n(c5cc(F)ccc35)C(=O)CC(C)(C)C4)ccc2C(N)=O)CC1. The molecule has 0 atom stereocenters. The van der Waals surface area contributed by atoms with Gasteiger partial charge in [-0.1, -0.05) is 26.8 Å². The maximum absolute atomic E-state index is 14.3. The summed E-state index contributed by atoms with van der Waals surface area (Å²) in [6.45, 7) is 6.87. The number of halogens is 1. The zero-order chi connectivity index (χ0) is 27.9. The lowest BCUT2D eigenvalue weighted by Crippen LogP contribution is -2.36. The Labute approximate surface area is 228 Å². The molecule has 0 spiro atoms. The van der Waals surface area contributed by atoms with Crippen LogP contribution in [-0.2, 0) is 11.2 Å². The Kier molecular flexibility index (Phi) is 7.23. The first kappa shape index (κ1) is 26.9. The molecule has 0 radical (unpaired) electrons. The summed E-state index contributed by atoms with van der Waals surface area (Å²) in [4.78, 5) is 38.0. The molecule has 1 saturated carbocycles. The normalized spacial score (nSPS) is 20.5. The van der Waals surface area contributed by atoms with E-state index in [-0.39, 0.29) is 29.2 Å². The van der Waals surface area contributed by atoms with Crippen LogP contribution in [0.3, 0.4) is 0 Å². The second-order valence-electron chi connectivity index (χ2n) is 11.8. The van der Waals surface area contributed by atoms with Crippen LogP contribution in [-0.4, -0.2) is 34.9 Å². The predicted octanol–water partition coefficient (Wildman–Crippen LogP) is 5.66. The molecule has 2 heterocycles. The van der Waals surface area contributed by atoms with Crippen molar-refractivity contribution in [2.75, 3.05) is 11.9 Å². The third-order valence-corrected chi connectivity index (χ3v) is 8.13. The Morgan fingerprint density at radius 2 is 1.82 bits per heavy atom. The molecule has 1 aliphatic heterocycles. The number of nitrogens with one attached hydrogen (secondary N) is 2. The van der Waals surface area contributed by atoms with E-state index in [1.54, 1.807) is 16.7 Å². The fourth-order valence-corrected chi connectivity index (χ4v) is 6.24. The lowest BCUT2D eigenvalue weighted by Gasteiger charge is -2.31. The number of aromatic nitrogens is 1. The first-order chi connectivity index (χ1) is 18.6. The van der Waals surface area contributed by atoms with Crippen molar-refractivity contribution in [3.8, 4) is 11.1 Å². The van der Waals surface area contributed by atoms with E-state index in [1.807, 2.05) is 19.1 Å². The van der Waals surface area contributed by atoms with Gasteiger partial charge in [0, 0.05) is 47.3 Å². The van der Waals surface area contributed by atoms with Crippen LogP contribution >= 0.6 is 0 Å². The van der Waals surface area contributed by atoms with E-state index in [0.29, 0.717) is 36.2 Å². The van der Waals surface area contributed by atoms with Gasteiger partial charge >= 0.3 is 0 Å². The molecule has 1 fully saturated rings. The maximum Gasteiger partial charge on any atom is 0.250 e. The van der Waals surface area contributed by atoms with Crippen LogP contribution in [0.25, 0.3) is 22.0 Å². The highest BCUT2D eigenvalue weighted by Gasteiger charge is 2.35. The molecule has 8 heteroatoms. The monoisotopic (exact) mass is 532 g/mol. The lowest BCUT2D eigenvalue weighted by molar-refractivity contribution is -0.125. The van der Waals surface area contributed by atoms with Crippen LogP contribution < -0.4 is 16.4 Å². The highest BCUT2D eigenvalue weighted by Crippen LogP contribution is 2.43. The molecule has 0 unspecified atom stereocenters. The molecule has 0 saturated heterocycles. The van der Waals surface area contributed by atoms with E-state index in [0.717, 1.165) is 54.3 Å². The summed E-state index contributed by atoms with van der Waals surface area (Å²) >= 11 is 0. The summed E-state index contributed by atoms with van der Waals surface area (Å²) in [6, 6.07) is 10.2. The first-order valence-corrected chi connectivity index (χ1v) is 13.9. The fraction of sp³-hybridized carbons (Fsp3) is 0.452. The number of hydrogen-bond donors (Lipinski definition) is 3. The van der Waals surface area contributed by atoms with Gasteiger partial charge in [-0.3, -0.25) is 19.0 Å².